The lowest BCUT2D eigenvalue weighted by Gasteiger charge is -2.37. The second kappa shape index (κ2) is 10.4. The van der Waals surface area contributed by atoms with Gasteiger partial charge >= 0.3 is 5.97 Å². The van der Waals surface area contributed by atoms with Crippen molar-refractivity contribution in [1.82, 2.24) is 4.72 Å². The molecule has 0 radical (unpaired) electrons. The lowest BCUT2D eigenvalue weighted by atomic mass is 9.72. The minimum Gasteiger partial charge on any atom is -0.465 e. The second-order valence-electron chi connectivity index (χ2n) is 8.54. The van der Waals surface area contributed by atoms with E-state index in [0.717, 1.165) is 36.8 Å². The van der Waals surface area contributed by atoms with Gasteiger partial charge in [0.2, 0.25) is 0 Å². The summed E-state index contributed by atoms with van der Waals surface area (Å²) in [6.07, 6.45) is 5.64. The molecule has 1 aliphatic carbocycles. The molecule has 0 heterocycles. The zero-order valence-corrected chi connectivity index (χ0v) is 18.5. The number of carbonyl (C=O) groups is 1. The summed E-state index contributed by atoms with van der Waals surface area (Å²) in [4.78, 5) is 13.0. The Morgan fingerprint density at radius 1 is 1.21 bits per heavy atom. The zero-order chi connectivity index (χ0) is 20.7. The number of hydrogen-bond donors (Lipinski definition) is 1. The maximum absolute atomic E-state index is 13.0. The van der Waals surface area contributed by atoms with Crippen molar-refractivity contribution < 1.29 is 13.7 Å². The number of rotatable bonds is 8. The number of ether oxygens (including phenoxy) is 1. The third-order valence-electron chi connectivity index (χ3n) is 5.39. The molecule has 0 bridgehead atoms. The SMILES string of the molecule is C=C(c1ccccc1)C(C1CCCCC1)[C@@H](N[S@](=O)C(C)(C)C)C(=O)OCC. The third-order valence-corrected chi connectivity index (χ3v) is 6.97. The van der Waals surface area contributed by atoms with Crippen molar-refractivity contribution in [2.24, 2.45) is 11.8 Å². The molecule has 5 heteroatoms. The lowest BCUT2D eigenvalue weighted by molar-refractivity contribution is -0.146. The number of hydrogen-bond acceptors (Lipinski definition) is 3. The van der Waals surface area contributed by atoms with Gasteiger partial charge in [0.05, 0.1) is 22.3 Å². The topological polar surface area (TPSA) is 55.4 Å². The Morgan fingerprint density at radius 2 is 1.82 bits per heavy atom. The molecular weight excluding hydrogens is 370 g/mol. The van der Waals surface area contributed by atoms with E-state index in [0.29, 0.717) is 12.5 Å². The van der Waals surface area contributed by atoms with E-state index < -0.39 is 21.8 Å². The Bertz CT molecular complexity index is 675. The summed E-state index contributed by atoms with van der Waals surface area (Å²) in [6, 6.07) is 9.33. The molecule has 3 atom stereocenters. The average Bonchev–Trinajstić information content (AvgIpc) is 2.68. The van der Waals surface area contributed by atoms with Gasteiger partial charge in [0.15, 0.2) is 0 Å². The van der Waals surface area contributed by atoms with E-state index in [9.17, 15) is 9.00 Å². The van der Waals surface area contributed by atoms with Gasteiger partial charge in [0, 0.05) is 5.92 Å². The van der Waals surface area contributed by atoms with Crippen LogP contribution in [-0.4, -0.2) is 27.6 Å². The fraction of sp³-hybridized carbons (Fsp3) is 0.609. The van der Waals surface area contributed by atoms with Crippen LogP contribution in [0.1, 0.15) is 65.4 Å². The van der Waals surface area contributed by atoms with E-state index in [1.165, 1.54) is 6.42 Å². The van der Waals surface area contributed by atoms with Crippen LogP contribution in [0.3, 0.4) is 0 Å². The van der Waals surface area contributed by atoms with Crippen LogP contribution < -0.4 is 4.72 Å². The summed E-state index contributed by atoms with van der Waals surface area (Å²) in [5.74, 6) is -0.166. The zero-order valence-electron chi connectivity index (χ0n) is 17.7. The monoisotopic (exact) mass is 405 g/mol. The van der Waals surface area contributed by atoms with Gasteiger partial charge in [0.1, 0.15) is 6.04 Å². The van der Waals surface area contributed by atoms with Crippen LogP contribution >= 0.6 is 0 Å². The van der Waals surface area contributed by atoms with E-state index in [2.05, 4.69) is 11.3 Å². The molecule has 156 valence electrons. The van der Waals surface area contributed by atoms with Crippen LogP contribution in [0.15, 0.2) is 36.9 Å². The van der Waals surface area contributed by atoms with Crippen LogP contribution in [0.2, 0.25) is 0 Å². The number of nitrogens with one attached hydrogen (secondary N) is 1. The van der Waals surface area contributed by atoms with E-state index in [1.54, 1.807) is 6.92 Å². The summed E-state index contributed by atoms with van der Waals surface area (Å²) < 4.78 is 20.9. The maximum Gasteiger partial charge on any atom is 0.324 e. The average molecular weight is 406 g/mol. The van der Waals surface area contributed by atoms with Gasteiger partial charge < -0.3 is 4.74 Å². The molecule has 1 N–H and O–H groups in total. The van der Waals surface area contributed by atoms with E-state index in [4.69, 9.17) is 4.74 Å². The Hall–Kier alpha value is -1.46. The molecule has 2 rings (SSSR count). The highest BCUT2D eigenvalue weighted by molar-refractivity contribution is 7.84. The third kappa shape index (κ3) is 6.02. The Morgan fingerprint density at radius 3 is 2.36 bits per heavy atom. The van der Waals surface area contributed by atoms with Crippen molar-refractivity contribution in [3.8, 4) is 0 Å². The highest BCUT2D eigenvalue weighted by Gasteiger charge is 2.40. The molecule has 1 aromatic carbocycles. The molecule has 1 aromatic rings. The van der Waals surface area contributed by atoms with Crippen molar-refractivity contribution in [3.63, 3.8) is 0 Å². The predicted molar refractivity (Wildman–Crippen MR) is 117 cm³/mol. The summed E-state index contributed by atoms with van der Waals surface area (Å²) >= 11 is 0. The van der Waals surface area contributed by atoms with Crippen molar-refractivity contribution >= 4 is 22.5 Å². The highest BCUT2D eigenvalue weighted by Crippen LogP contribution is 2.39. The van der Waals surface area contributed by atoms with Crippen LogP contribution in [0.25, 0.3) is 5.57 Å². The molecule has 0 saturated heterocycles. The van der Waals surface area contributed by atoms with Gasteiger partial charge in [-0.2, -0.15) is 0 Å². The molecule has 1 aliphatic rings. The minimum absolute atomic E-state index is 0.145. The van der Waals surface area contributed by atoms with Crippen LogP contribution in [0.5, 0.6) is 0 Å². The predicted octanol–water partition coefficient (Wildman–Crippen LogP) is 4.88. The standard InChI is InChI=1S/C23H35NO3S/c1-6-27-22(25)21(24-28(26)23(3,4)5)20(19-15-11-8-12-16-19)17(2)18-13-9-7-10-14-18/h7,9-10,13-14,19-21,24H,2,6,8,11-12,15-16H2,1,3-5H3/t20?,21-,28-/m1/s1. The molecule has 1 unspecified atom stereocenters. The first-order valence-corrected chi connectivity index (χ1v) is 11.5. The fourth-order valence-electron chi connectivity index (χ4n) is 3.89. The Labute approximate surface area is 172 Å². The summed E-state index contributed by atoms with van der Waals surface area (Å²) in [5, 5.41) is 0. The fourth-order valence-corrected chi connectivity index (χ4v) is 4.72. The summed E-state index contributed by atoms with van der Waals surface area (Å²) in [5.41, 5.74) is 1.94. The van der Waals surface area contributed by atoms with Crippen molar-refractivity contribution in [2.75, 3.05) is 6.61 Å². The number of esters is 1. The quantitative estimate of drug-likeness (QED) is 0.627. The molecule has 0 aliphatic heterocycles. The number of benzene rings is 1. The van der Waals surface area contributed by atoms with Gasteiger partial charge in [-0.1, -0.05) is 56.2 Å². The van der Waals surface area contributed by atoms with Gasteiger partial charge in [-0.25, -0.2) is 8.93 Å². The molecule has 1 saturated carbocycles. The van der Waals surface area contributed by atoms with Crippen LogP contribution in [0, 0.1) is 11.8 Å². The van der Waals surface area contributed by atoms with Gasteiger partial charge in [-0.3, -0.25) is 4.79 Å². The molecule has 0 spiro atoms. The summed E-state index contributed by atoms with van der Waals surface area (Å²) in [7, 11) is -1.38. The molecular formula is C23H35NO3S. The second-order valence-corrected chi connectivity index (χ2v) is 10.5. The normalized spacial score (nSPS) is 18.9. The smallest absolute Gasteiger partial charge is 0.324 e. The van der Waals surface area contributed by atoms with Crippen molar-refractivity contribution in [1.29, 1.82) is 0 Å². The van der Waals surface area contributed by atoms with E-state index >= 15 is 0 Å². The van der Waals surface area contributed by atoms with Gasteiger partial charge in [0.25, 0.3) is 0 Å². The molecule has 0 aromatic heterocycles. The van der Waals surface area contributed by atoms with Gasteiger partial charge in [-0.15, -0.1) is 0 Å². The first-order chi connectivity index (χ1) is 13.3. The molecule has 0 amide bonds. The van der Waals surface area contributed by atoms with E-state index in [1.807, 2.05) is 51.1 Å². The number of carbonyl (C=O) groups excluding carboxylic acids is 1. The summed E-state index contributed by atoms with van der Waals surface area (Å²) in [6.45, 7) is 12.2. The van der Waals surface area contributed by atoms with Gasteiger partial charge in [-0.05, 0) is 57.6 Å². The lowest BCUT2D eigenvalue weighted by Crippen LogP contribution is -2.51. The van der Waals surface area contributed by atoms with Crippen molar-refractivity contribution in [2.45, 2.75) is 70.6 Å². The Balaban J connectivity index is 2.42. The largest absolute Gasteiger partial charge is 0.465 e. The van der Waals surface area contributed by atoms with Crippen LogP contribution in [0.4, 0.5) is 0 Å². The molecule has 1 fully saturated rings. The highest BCUT2D eigenvalue weighted by atomic mass is 32.2. The maximum atomic E-state index is 13.0. The Kier molecular flexibility index (Phi) is 8.44. The molecule has 4 nitrogen and oxygen atoms in total. The first-order valence-electron chi connectivity index (χ1n) is 10.3. The minimum atomic E-state index is -1.38. The van der Waals surface area contributed by atoms with Crippen LogP contribution in [-0.2, 0) is 20.5 Å². The van der Waals surface area contributed by atoms with E-state index in [-0.39, 0.29) is 11.9 Å². The van der Waals surface area contributed by atoms with Crippen molar-refractivity contribution in [3.05, 3.63) is 42.5 Å². The molecule has 28 heavy (non-hydrogen) atoms. The first kappa shape index (κ1) is 22.8.